The van der Waals surface area contributed by atoms with E-state index in [2.05, 4.69) is 16.7 Å². The van der Waals surface area contributed by atoms with Gasteiger partial charge in [0.2, 0.25) is 0 Å². The third-order valence-corrected chi connectivity index (χ3v) is 6.69. The smallest absolute Gasteiger partial charge is 0.416 e. The number of morpholine rings is 1. The van der Waals surface area contributed by atoms with Gasteiger partial charge in [-0.25, -0.2) is 4.79 Å². The maximum Gasteiger partial charge on any atom is 0.416 e. The van der Waals surface area contributed by atoms with Crippen molar-refractivity contribution in [2.24, 2.45) is 0 Å². The molecule has 178 valence electrons. The van der Waals surface area contributed by atoms with Crippen LogP contribution in [0.3, 0.4) is 0 Å². The molecule has 2 aromatic rings. The molecule has 33 heavy (non-hydrogen) atoms. The number of hydrogen-bond acceptors (Lipinski definition) is 5. The highest BCUT2D eigenvalue weighted by Gasteiger charge is 2.36. The zero-order valence-electron chi connectivity index (χ0n) is 18.8. The van der Waals surface area contributed by atoms with E-state index in [0.29, 0.717) is 31.4 Å². The van der Waals surface area contributed by atoms with Crippen LogP contribution in [0.15, 0.2) is 48.5 Å². The van der Waals surface area contributed by atoms with E-state index in [1.165, 1.54) is 19.2 Å². The van der Waals surface area contributed by atoms with Crippen molar-refractivity contribution in [2.45, 2.75) is 37.5 Å². The molecule has 2 fully saturated rings. The predicted octanol–water partition coefficient (Wildman–Crippen LogP) is 4.58. The summed E-state index contributed by atoms with van der Waals surface area (Å²) in [6.45, 7) is 5.96. The first-order valence-electron chi connectivity index (χ1n) is 11.2. The van der Waals surface area contributed by atoms with Crippen LogP contribution in [0.5, 0.6) is 0 Å². The summed E-state index contributed by atoms with van der Waals surface area (Å²) >= 11 is 0. The van der Waals surface area contributed by atoms with Gasteiger partial charge < -0.3 is 14.4 Å². The first-order valence-corrected chi connectivity index (χ1v) is 11.2. The van der Waals surface area contributed by atoms with Crippen molar-refractivity contribution in [1.29, 1.82) is 0 Å². The van der Waals surface area contributed by atoms with Crippen molar-refractivity contribution in [1.82, 2.24) is 4.90 Å². The van der Waals surface area contributed by atoms with Gasteiger partial charge in [0.05, 0.1) is 31.5 Å². The van der Waals surface area contributed by atoms with E-state index in [0.717, 1.165) is 30.8 Å². The van der Waals surface area contributed by atoms with Crippen molar-refractivity contribution in [3.8, 4) is 0 Å². The molecular formula is C25H29F3N2O3. The fraction of sp³-hybridized carbons (Fsp3) is 0.480. The topological polar surface area (TPSA) is 42.0 Å². The van der Waals surface area contributed by atoms with E-state index in [-0.39, 0.29) is 17.9 Å². The van der Waals surface area contributed by atoms with Gasteiger partial charge in [-0.2, -0.15) is 13.2 Å². The summed E-state index contributed by atoms with van der Waals surface area (Å²) in [5.74, 6) is -0.266. The Balaban J connectivity index is 1.57. The molecule has 2 saturated heterocycles. The van der Waals surface area contributed by atoms with E-state index in [1.807, 2.05) is 12.1 Å². The molecule has 0 amide bonds. The Morgan fingerprint density at radius 2 is 1.82 bits per heavy atom. The average molecular weight is 463 g/mol. The second kappa shape index (κ2) is 9.73. The summed E-state index contributed by atoms with van der Waals surface area (Å²) in [5, 5.41) is 0. The molecule has 8 heteroatoms. The Hall–Kier alpha value is -2.58. The van der Waals surface area contributed by atoms with Crippen molar-refractivity contribution in [3.05, 3.63) is 65.2 Å². The number of rotatable bonds is 5. The molecule has 2 aliphatic heterocycles. The fourth-order valence-corrected chi connectivity index (χ4v) is 4.80. The second-order valence-corrected chi connectivity index (χ2v) is 8.82. The van der Waals surface area contributed by atoms with Crippen LogP contribution in [0.25, 0.3) is 0 Å². The van der Waals surface area contributed by atoms with Gasteiger partial charge >= 0.3 is 12.1 Å². The van der Waals surface area contributed by atoms with Crippen molar-refractivity contribution in [2.75, 3.05) is 44.9 Å². The number of benzene rings is 2. The lowest BCUT2D eigenvalue weighted by molar-refractivity contribution is -0.137. The molecule has 1 unspecified atom stereocenters. The molecule has 0 aromatic heterocycles. The molecule has 0 radical (unpaired) electrons. The van der Waals surface area contributed by atoms with Crippen LogP contribution in [0.2, 0.25) is 0 Å². The molecule has 5 nitrogen and oxygen atoms in total. The minimum absolute atomic E-state index is 0.119. The SMILES string of the molecule is COC(=O)c1ccc(N2CC(c3ccc(C(F)(F)F)cc3)C[C@H]2CN2CCOC[C@H]2C)cc1. The number of alkyl halides is 3. The number of methoxy groups -OCH3 is 1. The molecule has 0 aliphatic carbocycles. The van der Waals surface area contributed by atoms with E-state index < -0.39 is 11.7 Å². The molecule has 0 spiro atoms. The van der Waals surface area contributed by atoms with Crippen LogP contribution in [-0.2, 0) is 15.7 Å². The van der Waals surface area contributed by atoms with Gasteiger partial charge in [-0.15, -0.1) is 0 Å². The van der Waals surface area contributed by atoms with E-state index in [1.54, 1.807) is 24.3 Å². The summed E-state index contributed by atoms with van der Waals surface area (Å²) in [6.07, 6.45) is -3.50. The molecule has 2 heterocycles. The zero-order chi connectivity index (χ0) is 23.6. The van der Waals surface area contributed by atoms with Crippen LogP contribution in [0.1, 0.15) is 40.7 Å². The summed E-state index contributed by atoms with van der Waals surface area (Å²) in [5.41, 5.74) is 1.76. The third kappa shape index (κ3) is 5.33. The number of hydrogen-bond donors (Lipinski definition) is 0. The average Bonchev–Trinajstić information content (AvgIpc) is 3.23. The number of ether oxygens (including phenoxy) is 2. The monoisotopic (exact) mass is 462 g/mol. The first-order chi connectivity index (χ1) is 15.8. The Morgan fingerprint density at radius 1 is 1.12 bits per heavy atom. The van der Waals surface area contributed by atoms with Crippen LogP contribution >= 0.6 is 0 Å². The Labute approximate surface area is 192 Å². The Kier molecular flexibility index (Phi) is 6.95. The quantitative estimate of drug-likeness (QED) is 0.609. The molecule has 3 atom stereocenters. The largest absolute Gasteiger partial charge is 0.465 e. The summed E-state index contributed by atoms with van der Waals surface area (Å²) in [6, 6.07) is 13.4. The van der Waals surface area contributed by atoms with Gasteiger partial charge in [-0.05, 0) is 55.3 Å². The van der Waals surface area contributed by atoms with Gasteiger partial charge in [-0.1, -0.05) is 12.1 Å². The van der Waals surface area contributed by atoms with Gasteiger partial charge in [0, 0.05) is 43.3 Å². The number of anilines is 1. The summed E-state index contributed by atoms with van der Waals surface area (Å²) in [7, 11) is 1.35. The van der Waals surface area contributed by atoms with Gasteiger partial charge in [0.25, 0.3) is 0 Å². The number of halogens is 3. The fourth-order valence-electron chi connectivity index (χ4n) is 4.80. The van der Waals surface area contributed by atoms with E-state index in [9.17, 15) is 18.0 Å². The summed E-state index contributed by atoms with van der Waals surface area (Å²) < 4.78 is 49.4. The highest BCUT2D eigenvalue weighted by Crippen LogP contribution is 2.37. The minimum Gasteiger partial charge on any atom is -0.465 e. The third-order valence-electron chi connectivity index (χ3n) is 6.69. The van der Waals surface area contributed by atoms with E-state index in [4.69, 9.17) is 9.47 Å². The lowest BCUT2D eigenvalue weighted by atomic mass is 9.95. The normalized spacial score (nSPS) is 24.2. The van der Waals surface area contributed by atoms with Gasteiger partial charge in [0.1, 0.15) is 0 Å². The Bertz CT molecular complexity index is 947. The van der Waals surface area contributed by atoms with Crippen LogP contribution in [-0.4, -0.2) is 62.9 Å². The van der Waals surface area contributed by atoms with Crippen molar-refractivity contribution < 1.29 is 27.4 Å². The Morgan fingerprint density at radius 3 is 2.42 bits per heavy atom. The number of esters is 1. The van der Waals surface area contributed by atoms with E-state index >= 15 is 0 Å². The molecule has 2 aromatic carbocycles. The van der Waals surface area contributed by atoms with Crippen molar-refractivity contribution >= 4 is 11.7 Å². The lowest BCUT2D eigenvalue weighted by Gasteiger charge is -2.37. The van der Waals surface area contributed by atoms with Crippen LogP contribution in [0.4, 0.5) is 18.9 Å². The highest BCUT2D eigenvalue weighted by molar-refractivity contribution is 5.89. The van der Waals surface area contributed by atoms with Crippen LogP contribution < -0.4 is 4.90 Å². The highest BCUT2D eigenvalue weighted by atomic mass is 19.4. The van der Waals surface area contributed by atoms with Crippen LogP contribution in [0, 0.1) is 0 Å². The van der Waals surface area contributed by atoms with Gasteiger partial charge in [0.15, 0.2) is 0 Å². The van der Waals surface area contributed by atoms with Crippen molar-refractivity contribution in [3.63, 3.8) is 0 Å². The number of carbonyl (C=O) groups excluding carboxylic acids is 1. The molecule has 2 aliphatic rings. The first kappa shape index (κ1) is 23.6. The maximum atomic E-state index is 13.0. The molecule has 4 rings (SSSR count). The second-order valence-electron chi connectivity index (χ2n) is 8.82. The summed E-state index contributed by atoms with van der Waals surface area (Å²) in [4.78, 5) is 16.5. The molecule has 0 saturated carbocycles. The molecule has 0 bridgehead atoms. The lowest BCUT2D eigenvalue weighted by Crippen LogP contribution is -2.49. The number of carbonyl (C=O) groups is 1. The molecule has 0 N–H and O–H groups in total. The number of nitrogens with zero attached hydrogens (tertiary/aromatic N) is 2. The standard InChI is InChI=1S/C25H29F3N2O3/c1-17-16-33-12-11-29(17)15-23-13-20(18-3-7-21(8-4-18)25(26,27)28)14-30(23)22-9-5-19(6-10-22)24(31)32-2/h3-10,17,20,23H,11-16H2,1-2H3/t17-,20?,23+/m1/s1. The van der Waals surface area contributed by atoms with Gasteiger partial charge in [-0.3, -0.25) is 4.90 Å². The maximum absolute atomic E-state index is 13.0. The minimum atomic E-state index is -4.34. The molecular weight excluding hydrogens is 433 g/mol. The zero-order valence-corrected chi connectivity index (χ0v) is 18.8. The predicted molar refractivity (Wildman–Crippen MR) is 120 cm³/mol.